The zero-order chi connectivity index (χ0) is 15.4. The summed E-state index contributed by atoms with van der Waals surface area (Å²) < 4.78 is 19.9. The molecular weight excluding hydrogens is 305 g/mol. The van der Waals surface area contributed by atoms with Crippen LogP contribution in [0.15, 0.2) is 41.6 Å². The fourth-order valence-electron chi connectivity index (χ4n) is 2.21. The second kappa shape index (κ2) is 6.93. The first kappa shape index (κ1) is 15.1. The van der Waals surface area contributed by atoms with E-state index in [1.807, 2.05) is 10.9 Å². The highest BCUT2D eigenvalue weighted by molar-refractivity contribution is 8.00. The molecule has 0 unspecified atom stereocenters. The van der Waals surface area contributed by atoms with E-state index in [0.29, 0.717) is 12.3 Å². The number of hydrogen-bond donors (Lipinski definition) is 1. The summed E-state index contributed by atoms with van der Waals surface area (Å²) in [6, 6.07) is 6.33. The molecule has 116 valence electrons. The first-order valence-electron chi connectivity index (χ1n) is 7.01. The van der Waals surface area contributed by atoms with Crippen LogP contribution in [0.2, 0.25) is 0 Å². The van der Waals surface area contributed by atoms with Gasteiger partial charge < -0.3 is 10.1 Å². The topological polar surface area (TPSA) is 56.2 Å². The SMILES string of the molecule is O=C(CSc1ccc(F)cc1)Nc1cnn([C@@H]2CCOC2)c1. The summed E-state index contributed by atoms with van der Waals surface area (Å²) >= 11 is 1.36. The number of aromatic nitrogens is 2. The van der Waals surface area contributed by atoms with E-state index >= 15 is 0 Å². The van der Waals surface area contributed by atoms with Crippen molar-refractivity contribution in [3.8, 4) is 0 Å². The maximum Gasteiger partial charge on any atom is 0.234 e. The molecule has 1 fully saturated rings. The highest BCUT2D eigenvalue weighted by atomic mass is 32.2. The smallest absolute Gasteiger partial charge is 0.234 e. The van der Waals surface area contributed by atoms with Crippen LogP contribution in [0.4, 0.5) is 10.1 Å². The molecule has 0 saturated carbocycles. The highest BCUT2D eigenvalue weighted by Gasteiger charge is 2.18. The quantitative estimate of drug-likeness (QED) is 0.860. The second-order valence-corrected chi connectivity index (χ2v) is 6.07. The minimum absolute atomic E-state index is 0.114. The summed E-state index contributed by atoms with van der Waals surface area (Å²) in [5.74, 6) is -0.128. The van der Waals surface area contributed by atoms with E-state index in [9.17, 15) is 9.18 Å². The van der Waals surface area contributed by atoms with Crippen LogP contribution in [0.5, 0.6) is 0 Å². The van der Waals surface area contributed by atoms with Crippen molar-refractivity contribution < 1.29 is 13.9 Å². The lowest BCUT2D eigenvalue weighted by Gasteiger charge is -2.07. The first-order valence-corrected chi connectivity index (χ1v) is 7.99. The Morgan fingerprint density at radius 3 is 3.00 bits per heavy atom. The molecule has 2 heterocycles. The van der Waals surface area contributed by atoms with E-state index in [1.54, 1.807) is 18.3 Å². The van der Waals surface area contributed by atoms with Gasteiger partial charge in [0.2, 0.25) is 5.91 Å². The number of amides is 1. The molecule has 1 saturated heterocycles. The zero-order valence-corrected chi connectivity index (χ0v) is 12.7. The van der Waals surface area contributed by atoms with E-state index < -0.39 is 0 Å². The van der Waals surface area contributed by atoms with Gasteiger partial charge in [-0.1, -0.05) is 0 Å². The largest absolute Gasteiger partial charge is 0.379 e. The zero-order valence-electron chi connectivity index (χ0n) is 11.9. The number of nitrogens with one attached hydrogen (secondary N) is 1. The van der Waals surface area contributed by atoms with E-state index in [0.717, 1.165) is 17.9 Å². The molecule has 1 aliphatic rings. The van der Waals surface area contributed by atoms with Crippen molar-refractivity contribution in [2.24, 2.45) is 0 Å². The van der Waals surface area contributed by atoms with Gasteiger partial charge in [-0.3, -0.25) is 9.48 Å². The van der Waals surface area contributed by atoms with Crippen molar-refractivity contribution in [2.45, 2.75) is 17.4 Å². The van der Waals surface area contributed by atoms with Gasteiger partial charge in [0.1, 0.15) is 5.82 Å². The fourth-order valence-corrected chi connectivity index (χ4v) is 2.91. The Morgan fingerprint density at radius 1 is 1.45 bits per heavy atom. The molecule has 0 aliphatic carbocycles. The normalized spacial score (nSPS) is 17.6. The lowest BCUT2D eigenvalue weighted by atomic mass is 10.3. The number of nitrogens with zero attached hydrogens (tertiary/aromatic N) is 2. The monoisotopic (exact) mass is 321 g/mol. The molecule has 22 heavy (non-hydrogen) atoms. The maximum atomic E-state index is 12.8. The average molecular weight is 321 g/mol. The van der Waals surface area contributed by atoms with Crippen molar-refractivity contribution in [1.29, 1.82) is 0 Å². The molecule has 1 aliphatic heterocycles. The van der Waals surface area contributed by atoms with Gasteiger partial charge >= 0.3 is 0 Å². The lowest BCUT2D eigenvalue weighted by Crippen LogP contribution is -2.13. The molecule has 1 atom stereocenters. The third-order valence-electron chi connectivity index (χ3n) is 3.35. The number of hydrogen-bond acceptors (Lipinski definition) is 4. The Labute approximate surface area is 131 Å². The molecule has 0 spiro atoms. The number of benzene rings is 1. The van der Waals surface area contributed by atoms with Crippen LogP contribution in [0.1, 0.15) is 12.5 Å². The van der Waals surface area contributed by atoms with Crippen molar-refractivity contribution in [1.82, 2.24) is 9.78 Å². The van der Waals surface area contributed by atoms with E-state index in [-0.39, 0.29) is 23.5 Å². The van der Waals surface area contributed by atoms with Gasteiger partial charge in [0, 0.05) is 17.7 Å². The number of halogens is 1. The molecule has 5 nitrogen and oxygen atoms in total. The second-order valence-electron chi connectivity index (χ2n) is 5.02. The number of anilines is 1. The van der Waals surface area contributed by atoms with Gasteiger partial charge in [0.25, 0.3) is 0 Å². The summed E-state index contributed by atoms with van der Waals surface area (Å²) in [6.45, 7) is 1.41. The predicted octanol–water partition coefficient (Wildman–Crippen LogP) is 2.71. The van der Waals surface area contributed by atoms with Crippen LogP contribution in [0, 0.1) is 5.82 Å². The molecule has 3 rings (SSSR count). The number of ether oxygens (including phenoxy) is 1. The number of carbonyl (C=O) groups is 1. The molecule has 1 aromatic carbocycles. The highest BCUT2D eigenvalue weighted by Crippen LogP contribution is 2.21. The minimum atomic E-state index is -0.280. The maximum absolute atomic E-state index is 12.8. The van der Waals surface area contributed by atoms with Crippen molar-refractivity contribution in [2.75, 3.05) is 24.3 Å². The van der Waals surface area contributed by atoms with Gasteiger partial charge in [-0.15, -0.1) is 11.8 Å². The van der Waals surface area contributed by atoms with Gasteiger partial charge in [-0.05, 0) is 30.7 Å². The van der Waals surface area contributed by atoms with Crippen LogP contribution < -0.4 is 5.32 Å². The van der Waals surface area contributed by atoms with Gasteiger partial charge in [-0.25, -0.2) is 4.39 Å². The molecule has 1 aromatic heterocycles. The fraction of sp³-hybridized carbons (Fsp3) is 0.333. The van der Waals surface area contributed by atoms with Gasteiger partial charge in [0.05, 0.1) is 30.3 Å². The number of rotatable bonds is 5. The van der Waals surface area contributed by atoms with Crippen LogP contribution in [0.25, 0.3) is 0 Å². The van der Waals surface area contributed by atoms with E-state index in [2.05, 4.69) is 10.4 Å². The number of carbonyl (C=O) groups excluding carboxylic acids is 1. The molecule has 1 N–H and O–H groups in total. The Hall–Kier alpha value is -1.86. The molecule has 7 heteroatoms. The minimum Gasteiger partial charge on any atom is -0.379 e. The molecule has 0 radical (unpaired) electrons. The third-order valence-corrected chi connectivity index (χ3v) is 4.36. The van der Waals surface area contributed by atoms with Crippen LogP contribution in [-0.2, 0) is 9.53 Å². The number of thioether (sulfide) groups is 1. The van der Waals surface area contributed by atoms with Gasteiger partial charge in [-0.2, -0.15) is 5.10 Å². The Kier molecular flexibility index (Phi) is 4.74. The Balaban J connectivity index is 1.50. The van der Waals surface area contributed by atoms with Crippen LogP contribution in [0.3, 0.4) is 0 Å². The van der Waals surface area contributed by atoms with Crippen LogP contribution >= 0.6 is 11.8 Å². The third kappa shape index (κ3) is 3.86. The van der Waals surface area contributed by atoms with Crippen molar-refractivity contribution in [3.05, 3.63) is 42.5 Å². The van der Waals surface area contributed by atoms with Gasteiger partial charge in [0.15, 0.2) is 0 Å². The van der Waals surface area contributed by atoms with E-state index in [4.69, 9.17) is 4.74 Å². The summed E-state index contributed by atoms with van der Waals surface area (Å²) in [7, 11) is 0. The molecule has 2 aromatic rings. The summed E-state index contributed by atoms with van der Waals surface area (Å²) in [4.78, 5) is 12.8. The lowest BCUT2D eigenvalue weighted by molar-refractivity contribution is -0.113. The molecular formula is C15H16FN3O2S. The molecule has 1 amide bonds. The van der Waals surface area contributed by atoms with Crippen LogP contribution in [-0.4, -0.2) is 34.7 Å². The van der Waals surface area contributed by atoms with E-state index in [1.165, 1.54) is 23.9 Å². The average Bonchev–Trinajstić information content (AvgIpc) is 3.17. The Bertz CT molecular complexity index is 638. The van der Waals surface area contributed by atoms with Crippen molar-refractivity contribution in [3.63, 3.8) is 0 Å². The first-order chi connectivity index (χ1) is 10.7. The molecule has 0 bridgehead atoms. The predicted molar refractivity (Wildman–Crippen MR) is 82.5 cm³/mol. The summed E-state index contributed by atoms with van der Waals surface area (Å²) in [5.41, 5.74) is 0.677. The summed E-state index contributed by atoms with van der Waals surface area (Å²) in [5, 5.41) is 7.06. The Morgan fingerprint density at radius 2 is 2.27 bits per heavy atom. The summed E-state index contributed by atoms with van der Waals surface area (Å²) in [6.07, 6.45) is 4.40. The van der Waals surface area contributed by atoms with Crippen molar-refractivity contribution >= 4 is 23.4 Å². The standard InChI is InChI=1S/C15H16FN3O2S/c16-11-1-3-14(4-2-11)22-10-15(20)18-12-7-17-19(8-12)13-5-6-21-9-13/h1-4,7-8,13H,5-6,9-10H2,(H,18,20)/t13-/m1/s1.